The average Bonchev–Trinajstić information content (AvgIpc) is 3.12. The Labute approximate surface area is 175 Å². The summed E-state index contributed by atoms with van der Waals surface area (Å²) in [4.78, 5) is 10.5. The van der Waals surface area contributed by atoms with Gasteiger partial charge in [-0.15, -0.1) is 0 Å². The molecule has 0 aromatic carbocycles. The Morgan fingerprint density at radius 1 is 0.429 bits per heavy atom. The third-order valence-electron chi connectivity index (χ3n) is 8.01. The van der Waals surface area contributed by atoms with Gasteiger partial charge in [0.05, 0.1) is 0 Å². The van der Waals surface area contributed by atoms with Gasteiger partial charge in [0.15, 0.2) is 0 Å². The number of hydrogen-bond acceptors (Lipinski definition) is 4. The van der Waals surface area contributed by atoms with E-state index in [0.717, 1.165) is 24.2 Å². The van der Waals surface area contributed by atoms with E-state index in [-0.39, 0.29) is 0 Å². The van der Waals surface area contributed by atoms with Crippen molar-refractivity contribution >= 4 is 0 Å². The summed E-state index contributed by atoms with van der Waals surface area (Å²) in [5, 5.41) is 0. The lowest BCUT2D eigenvalue weighted by atomic mass is 9.72. The number of nitrogens with zero attached hydrogens (tertiary/aromatic N) is 4. The zero-order valence-electron chi connectivity index (χ0n) is 20.2. The maximum Gasteiger partial charge on any atom is 0.0212 e. The Morgan fingerprint density at radius 3 is 0.964 bits per heavy atom. The molecule has 4 heterocycles. The molecule has 4 nitrogen and oxygen atoms in total. The summed E-state index contributed by atoms with van der Waals surface area (Å²) in [6, 6.07) is 2.97. The van der Waals surface area contributed by atoms with Gasteiger partial charge in [0.25, 0.3) is 0 Å². The van der Waals surface area contributed by atoms with Crippen molar-refractivity contribution in [3.8, 4) is 0 Å². The summed E-state index contributed by atoms with van der Waals surface area (Å²) in [5.74, 6) is 0. The van der Waals surface area contributed by atoms with Gasteiger partial charge in [0.2, 0.25) is 0 Å². The van der Waals surface area contributed by atoms with Gasteiger partial charge in [-0.05, 0) is 86.7 Å². The van der Waals surface area contributed by atoms with Gasteiger partial charge in [-0.3, -0.25) is 9.80 Å². The first-order chi connectivity index (χ1) is 13.0. The summed E-state index contributed by atoms with van der Waals surface area (Å²) >= 11 is 0. The molecule has 4 aliphatic rings. The minimum atomic E-state index is 0.647. The molecule has 0 amide bonds. The van der Waals surface area contributed by atoms with E-state index in [1.165, 1.54) is 65.2 Å². The van der Waals surface area contributed by atoms with Crippen LogP contribution in [-0.4, -0.2) is 96.1 Å². The smallest absolute Gasteiger partial charge is 0.0212 e. The lowest BCUT2D eigenvalue weighted by Crippen LogP contribution is -2.73. The molecule has 0 unspecified atom stereocenters. The highest BCUT2D eigenvalue weighted by molar-refractivity contribution is 5.06. The molecule has 4 rings (SSSR count). The summed E-state index contributed by atoms with van der Waals surface area (Å²) < 4.78 is 0. The fraction of sp³-hybridized carbons (Fsp3) is 1.00. The fourth-order valence-electron chi connectivity index (χ4n) is 5.72. The molecule has 0 aromatic heterocycles. The highest BCUT2D eigenvalue weighted by Gasteiger charge is 2.52. The zero-order valence-corrected chi connectivity index (χ0v) is 20.2. The van der Waals surface area contributed by atoms with Crippen LogP contribution in [-0.2, 0) is 0 Å². The fourth-order valence-corrected chi connectivity index (χ4v) is 5.72. The van der Waals surface area contributed by atoms with Gasteiger partial charge in [0.1, 0.15) is 0 Å². The summed E-state index contributed by atoms with van der Waals surface area (Å²) in [6.45, 7) is 29.2. The van der Waals surface area contributed by atoms with Crippen LogP contribution in [0.25, 0.3) is 0 Å². The van der Waals surface area contributed by atoms with Crippen molar-refractivity contribution in [3.63, 3.8) is 0 Å². The monoisotopic (exact) mass is 392 g/mol. The predicted molar refractivity (Wildman–Crippen MR) is 121 cm³/mol. The van der Waals surface area contributed by atoms with Crippen molar-refractivity contribution in [2.75, 3.05) is 52.4 Å². The number of hydrogen-bond donors (Lipinski definition) is 0. The molecule has 0 bridgehead atoms. The molecule has 2 spiro atoms. The van der Waals surface area contributed by atoms with E-state index >= 15 is 0 Å². The van der Waals surface area contributed by atoms with Crippen molar-refractivity contribution in [3.05, 3.63) is 0 Å². The van der Waals surface area contributed by atoms with Gasteiger partial charge < -0.3 is 9.80 Å². The van der Waals surface area contributed by atoms with Crippen molar-refractivity contribution in [2.45, 2.75) is 92.4 Å². The second-order valence-corrected chi connectivity index (χ2v) is 11.6. The maximum atomic E-state index is 2.66. The molecule has 4 heteroatoms. The first-order valence-electron chi connectivity index (χ1n) is 12.0. The van der Waals surface area contributed by atoms with Crippen LogP contribution in [0.5, 0.6) is 0 Å². The highest BCUT2D eigenvalue weighted by atomic mass is 15.3. The third kappa shape index (κ3) is 4.77. The van der Waals surface area contributed by atoms with Gasteiger partial charge in [-0.25, -0.2) is 0 Å². The number of likely N-dealkylation sites (tertiary alicyclic amines) is 4. The summed E-state index contributed by atoms with van der Waals surface area (Å²) in [7, 11) is 0. The molecular weight excluding hydrogens is 344 g/mol. The van der Waals surface area contributed by atoms with Crippen LogP contribution < -0.4 is 0 Å². The Kier molecular flexibility index (Phi) is 6.86. The van der Waals surface area contributed by atoms with E-state index in [0.29, 0.717) is 10.8 Å². The highest BCUT2D eigenvalue weighted by Crippen LogP contribution is 2.41. The Hall–Kier alpha value is -0.160. The standard InChI is InChI=1S/C13H26N2.C11H22N2/c1-11(2)14-7-5-13(9-14)6-8-15(10-13)12(3)4;1-9(2)12-5-11(6-12)7-13(8-11)10(3)4/h11-12H,5-10H2,1-4H3;9-10H,5-8H2,1-4H3. The molecule has 0 aromatic rings. The number of rotatable bonds is 4. The van der Waals surface area contributed by atoms with Gasteiger partial charge >= 0.3 is 0 Å². The van der Waals surface area contributed by atoms with Crippen molar-refractivity contribution < 1.29 is 0 Å². The minimum Gasteiger partial charge on any atom is -0.300 e. The van der Waals surface area contributed by atoms with E-state index < -0.39 is 0 Å². The lowest BCUT2D eigenvalue weighted by Gasteiger charge is -2.62. The topological polar surface area (TPSA) is 13.0 Å². The quantitative estimate of drug-likeness (QED) is 0.724. The Morgan fingerprint density at radius 2 is 0.714 bits per heavy atom. The van der Waals surface area contributed by atoms with Crippen molar-refractivity contribution in [2.24, 2.45) is 10.8 Å². The van der Waals surface area contributed by atoms with Crippen molar-refractivity contribution in [1.29, 1.82) is 0 Å². The molecule has 0 radical (unpaired) electrons. The average molecular weight is 393 g/mol. The first-order valence-corrected chi connectivity index (χ1v) is 12.0. The van der Waals surface area contributed by atoms with Gasteiger partial charge in [-0.2, -0.15) is 0 Å². The molecule has 28 heavy (non-hydrogen) atoms. The second-order valence-electron chi connectivity index (χ2n) is 11.6. The van der Waals surface area contributed by atoms with Crippen LogP contribution in [0.2, 0.25) is 0 Å². The Balaban J connectivity index is 0.000000162. The van der Waals surface area contributed by atoms with E-state index in [9.17, 15) is 0 Å². The third-order valence-corrected chi connectivity index (χ3v) is 8.01. The van der Waals surface area contributed by atoms with E-state index in [4.69, 9.17) is 0 Å². The van der Waals surface area contributed by atoms with Crippen LogP contribution in [0.3, 0.4) is 0 Å². The van der Waals surface area contributed by atoms with Crippen LogP contribution in [0.15, 0.2) is 0 Å². The molecular formula is C24H48N4. The van der Waals surface area contributed by atoms with Gasteiger partial charge in [0, 0.05) is 68.9 Å². The first kappa shape index (κ1) is 22.5. The van der Waals surface area contributed by atoms with E-state index in [2.05, 4.69) is 75.0 Å². The molecule has 0 saturated carbocycles. The molecule has 0 atom stereocenters. The van der Waals surface area contributed by atoms with E-state index in [1.54, 1.807) is 0 Å². The largest absolute Gasteiger partial charge is 0.300 e. The minimum absolute atomic E-state index is 0.647. The molecule has 4 saturated heterocycles. The maximum absolute atomic E-state index is 2.66. The van der Waals surface area contributed by atoms with Gasteiger partial charge in [-0.1, -0.05) is 0 Å². The Bertz CT molecular complexity index is 451. The normalized spacial score (nSPS) is 27.9. The van der Waals surface area contributed by atoms with E-state index in [1.807, 2.05) is 0 Å². The molecule has 4 aliphatic heterocycles. The molecule has 0 aliphatic carbocycles. The van der Waals surface area contributed by atoms with Crippen LogP contribution in [0.1, 0.15) is 68.2 Å². The molecule has 164 valence electrons. The molecule has 0 N–H and O–H groups in total. The van der Waals surface area contributed by atoms with Crippen LogP contribution in [0.4, 0.5) is 0 Å². The SMILES string of the molecule is CC(C)N1CC2(C1)CN(C(C)C)C2.CC(C)N1CCC2(CCN(C(C)C)C2)C1. The predicted octanol–water partition coefficient (Wildman–Crippen LogP) is 3.62. The zero-order chi connectivity index (χ0) is 20.7. The van der Waals surface area contributed by atoms with Crippen LogP contribution in [0, 0.1) is 10.8 Å². The van der Waals surface area contributed by atoms with Crippen LogP contribution >= 0.6 is 0 Å². The second kappa shape index (κ2) is 8.53. The summed E-state index contributed by atoms with van der Waals surface area (Å²) in [5.41, 5.74) is 1.35. The lowest BCUT2D eigenvalue weighted by molar-refractivity contribution is -0.135. The molecule has 4 fully saturated rings. The van der Waals surface area contributed by atoms with Crippen molar-refractivity contribution in [1.82, 2.24) is 19.6 Å². The summed E-state index contributed by atoms with van der Waals surface area (Å²) in [6.07, 6.45) is 2.85.